The zero-order chi connectivity index (χ0) is 14.0. The van der Waals surface area contributed by atoms with Gasteiger partial charge in [-0.2, -0.15) is 0 Å². The minimum absolute atomic E-state index is 0.258. The third-order valence-corrected chi connectivity index (χ3v) is 3.15. The number of hydrogen-bond acceptors (Lipinski definition) is 2. The van der Waals surface area contributed by atoms with Crippen molar-refractivity contribution in [3.63, 3.8) is 0 Å². The summed E-state index contributed by atoms with van der Waals surface area (Å²) in [5, 5.41) is 3.21. The SMILES string of the molecule is Cc1ccc(N)c(NC(=O)c2cc(C)ccc2Cl)c1. The Balaban J connectivity index is 2.30. The molecule has 0 atom stereocenters. The molecule has 1 amide bonds. The lowest BCUT2D eigenvalue weighted by molar-refractivity contribution is 0.102. The number of aryl methyl sites for hydroxylation is 2. The van der Waals surface area contributed by atoms with Crippen LogP contribution in [0.5, 0.6) is 0 Å². The number of amides is 1. The van der Waals surface area contributed by atoms with Crippen LogP contribution >= 0.6 is 11.6 Å². The van der Waals surface area contributed by atoms with Crippen LogP contribution in [0.3, 0.4) is 0 Å². The molecule has 0 bridgehead atoms. The molecule has 3 N–H and O–H groups in total. The van der Waals surface area contributed by atoms with E-state index in [9.17, 15) is 4.79 Å². The first-order valence-corrected chi connectivity index (χ1v) is 6.29. The molecule has 0 aromatic heterocycles. The van der Waals surface area contributed by atoms with Crippen molar-refractivity contribution >= 4 is 28.9 Å². The van der Waals surface area contributed by atoms with E-state index in [-0.39, 0.29) is 5.91 Å². The maximum Gasteiger partial charge on any atom is 0.257 e. The van der Waals surface area contributed by atoms with E-state index >= 15 is 0 Å². The Morgan fingerprint density at radius 2 is 1.74 bits per heavy atom. The quantitative estimate of drug-likeness (QED) is 0.819. The molecule has 0 saturated heterocycles. The van der Waals surface area contributed by atoms with Gasteiger partial charge in [-0.15, -0.1) is 0 Å². The summed E-state index contributed by atoms with van der Waals surface area (Å²) in [6, 6.07) is 10.8. The molecule has 0 radical (unpaired) electrons. The van der Waals surface area contributed by atoms with Crippen LogP contribution in [0.15, 0.2) is 36.4 Å². The number of nitrogens with two attached hydrogens (primary N) is 1. The molecule has 0 spiro atoms. The highest BCUT2D eigenvalue weighted by atomic mass is 35.5. The van der Waals surface area contributed by atoms with Gasteiger partial charge in [-0.05, 0) is 43.7 Å². The van der Waals surface area contributed by atoms with Crippen molar-refractivity contribution < 1.29 is 4.79 Å². The van der Waals surface area contributed by atoms with Gasteiger partial charge >= 0.3 is 0 Å². The number of nitrogens with one attached hydrogen (secondary N) is 1. The van der Waals surface area contributed by atoms with Crippen molar-refractivity contribution in [1.29, 1.82) is 0 Å². The molecule has 19 heavy (non-hydrogen) atoms. The fraction of sp³-hybridized carbons (Fsp3) is 0.133. The molecule has 0 aliphatic rings. The monoisotopic (exact) mass is 274 g/mol. The zero-order valence-electron chi connectivity index (χ0n) is 10.8. The topological polar surface area (TPSA) is 55.1 Å². The standard InChI is InChI=1S/C15H15ClN2O/c1-9-3-5-12(16)11(7-9)15(19)18-14-8-10(2)4-6-13(14)17/h3-8H,17H2,1-2H3,(H,18,19). The third kappa shape index (κ3) is 3.06. The molecular formula is C15H15ClN2O. The van der Waals surface area contributed by atoms with E-state index in [0.717, 1.165) is 11.1 Å². The number of hydrogen-bond donors (Lipinski definition) is 2. The van der Waals surface area contributed by atoms with Crippen molar-refractivity contribution in [1.82, 2.24) is 0 Å². The molecule has 0 unspecified atom stereocenters. The highest BCUT2D eigenvalue weighted by Gasteiger charge is 2.12. The summed E-state index contributed by atoms with van der Waals surface area (Å²) >= 11 is 6.04. The van der Waals surface area contributed by atoms with E-state index in [4.69, 9.17) is 17.3 Å². The first-order chi connectivity index (χ1) is 8.97. The summed E-state index contributed by atoms with van der Waals surface area (Å²) < 4.78 is 0. The smallest absolute Gasteiger partial charge is 0.257 e. The van der Waals surface area contributed by atoms with E-state index in [1.807, 2.05) is 32.0 Å². The average molecular weight is 275 g/mol. The van der Waals surface area contributed by atoms with Crippen LogP contribution in [-0.2, 0) is 0 Å². The predicted molar refractivity (Wildman–Crippen MR) is 79.7 cm³/mol. The van der Waals surface area contributed by atoms with Crippen LogP contribution < -0.4 is 11.1 Å². The molecule has 0 fully saturated rings. The molecular weight excluding hydrogens is 260 g/mol. The second-order valence-electron chi connectivity index (χ2n) is 4.53. The molecule has 2 aromatic rings. The number of carbonyl (C=O) groups excluding carboxylic acids is 1. The second-order valence-corrected chi connectivity index (χ2v) is 4.94. The third-order valence-electron chi connectivity index (χ3n) is 2.82. The average Bonchev–Trinajstić information content (AvgIpc) is 2.36. The number of anilines is 2. The van der Waals surface area contributed by atoms with Crippen LogP contribution in [0.25, 0.3) is 0 Å². The Morgan fingerprint density at radius 1 is 1.11 bits per heavy atom. The Kier molecular flexibility index (Phi) is 3.76. The molecule has 0 aliphatic carbocycles. The Bertz CT molecular complexity index is 638. The summed E-state index contributed by atoms with van der Waals surface area (Å²) in [4.78, 5) is 12.2. The summed E-state index contributed by atoms with van der Waals surface area (Å²) in [6.07, 6.45) is 0. The van der Waals surface area contributed by atoms with E-state index in [0.29, 0.717) is 22.0 Å². The lowest BCUT2D eigenvalue weighted by atomic mass is 10.1. The number of halogens is 1. The molecule has 0 saturated carbocycles. The number of benzene rings is 2. The highest BCUT2D eigenvalue weighted by Crippen LogP contribution is 2.23. The van der Waals surface area contributed by atoms with Crippen LogP contribution in [0.1, 0.15) is 21.5 Å². The minimum Gasteiger partial charge on any atom is -0.397 e. The van der Waals surface area contributed by atoms with E-state index in [1.165, 1.54) is 0 Å². The van der Waals surface area contributed by atoms with Crippen LogP contribution in [0.4, 0.5) is 11.4 Å². The lowest BCUT2D eigenvalue weighted by Crippen LogP contribution is -2.14. The maximum atomic E-state index is 12.2. The molecule has 2 rings (SSSR count). The maximum absolute atomic E-state index is 12.2. The predicted octanol–water partition coefficient (Wildman–Crippen LogP) is 3.79. The van der Waals surface area contributed by atoms with Gasteiger partial charge in [-0.25, -0.2) is 0 Å². The fourth-order valence-electron chi connectivity index (χ4n) is 1.78. The van der Waals surface area contributed by atoms with Crippen LogP contribution in [0.2, 0.25) is 5.02 Å². The lowest BCUT2D eigenvalue weighted by Gasteiger charge is -2.10. The largest absolute Gasteiger partial charge is 0.397 e. The Hall–Kier alpha value is -2.00. The van der Waals surface area contributed by atoms with Gasteiger partial charge in [0.25, 0.3) is 5.91 Å². The molecule has 2 aromatic carbocycles. The van der Waals surface area contributed by atoms with Gasteiger partial charge < -0.3 is 11.1 Å². The van der Waals surface area contributed by atoms with Crippen molar-refractivity contribution in [2.45, 2.75) is 13.8 Å². The summed E-state index contributed by atoms with van der Waals surface area (Å²) in [5.74, 6) is -0.258. The van der Waals surface area contributed by atoms with Crippen LogP contribution in [0, 0.1) is 13.8 Å². The van der Waals surface area contributed by atoms with Crippen molar-refractivity contribution in [2.75, 3.05) is 11.1 Å². The van der Waals surface area contributed by atoms with Gasteiger partial charge in [0, 0.05) is 0 Å². The minimum atomic E-state index is -0.258. The number of nitrogen functional groups attached to an aromatic ring is 1. The highest BCUT2D eigenvalue weighted by molar-refractivity contribution is 6.34. The number of carbonyl (C=O) groups is 1. The van der Waals surface area contributed by atoms with Crippen molar-refractivity contribution in [3.05, 3.63) is 58.1 Å². The summed E-state index contributed by atoms with van der Waals surface area (Å²) in [7, 11) is 0. The van der Waals surface area contributed by atoms with Crippen LogP contribution in [-0.4, -0.2) is 5.91 Å². The van der Waals surface area contributed by atoms with Gasteiger partial charge in [-0.3, -0.25) is 4.79 Å². The van der Waals surface area contributed by atoms with Crippen molar-refractivity contribution in [2.24, 2.45) is 0 Å². The van der Waals surface area contributed by atoms with Gasteiger partial charge in [0.05, 0.1) is 22.0 Å². The van der Waals surface area contributed by atoms with Gasteiger partial charge in [-0.1, -0.05) is 29.3 Å². The summed E-state index contributed by atoms with van der Waals surface area (Å²) in [6.45, 7) is 3.85. The van der Waals surface area contributed by atoms with Gasteiger partial charge in [0.15, 0.2) is 0 Å². The summed E-state index contributed by atoms with van der Waals surface area (Å²) in [5.41, 5.74) is 9.42. The molecule has 0 heterocycles. The van der Waals surface area contributed by atoms with E-state index in [1.54, 1.807) is 18.2 Å². The Morgan fingerprint density at radius 3 is 2.47 bits per heavy atom. The number of rotatable bonds is 2. The van der Waals surface area contributed by atoms with Gasteiger partial charge in [0.2, 0.25) is 0 Å². The first kappa shape index (κ1) is 13.4. The molecule has 0 aliphatic heterocycles. The Labute approximate surface area is 117 Å². The van der Waals surface area contributed by atoms with E-state index in [2.05, 4.69) is 5.32 Å². The normalized spacial score (nSPS) is 10.3. The molecule has 3 nitrogen and oxygen atoms in total. The molecule has 98 valence electrons. The zero-order valence-corrected chi connectivity index (χ0v) is 11.6. The first-order valence-electron chi connectivity index (χ1n) is 5.91. The van der Waals surface area contributed by atoms with E-state index < -0.39 is 0 Å². The fourth-order valence-corrected chi connectivity index (χ4v) is 1.98. The second kappa shape index (κ2) is 5.33. The van der Waals surface area contributed by atoms with Crippen molar-refractivity contribution in [3.8, 4) is 0 Å². The molecule has 4 heteroatoms. The van der Waals surface area contributed by atoms with Gasteiger partial charge in [0.1, 0.15) is 0 Å².